The van der Waals surface area contributed by atoms with Gasteiger partial charge in [0.1, 0.15) is 41.4 Å². The second-order valence-corrected chi connectivity index (χ2v) is 10.3. The van der Waals surface area contributed by atoms with E-state index in [1.54, 1.807) is 0 Å². The molecular weight excluding hydrogens is 446 g/mol. The maximum absolute atomic E-state index is 6.55. The van der Waals surface area contributed by atoms with Gasteiger partial charge in [-0.05, 0) is 55.5 Å². The average molecular weight is 473 g/mol. The summed E-state index contributed by atoms with van der Waals surface area (Å²) in [4.78, 5) is 14.0. The Bertz CT molecular complexity index is 1520. The van der Waals surface area contributed by atoms with Crippen LogP contribution in [0.15, 0.2) is 46.9 Å². The molecule has 3 aromatic heterocycles. The molecule has 6 nitrogen and oxygen atoms in total. The first kappa shape index (κ1) is 20.4. The van der Waals surface area contributed by atoms with Gasteiger partial charge in [0.25, 0.3) is 0 Å². The Balaban J connectivity index is 1.32. The number of thiophene rings is 1. The van der Waals surface area contributed by atoms with Crippen LogP contribution in [0, 0.1) is 0 Å². The van der Waals surface area contributed by atoms with E-state index in [2.05, 4.69) is 12.1 Å². The normalized spacial score (nSPS) is 16.9. The minimum absolute atomic E-state index is 0.694. The second-order valence-electron chi connectivity index (χ2n) is 9.23. The van der Waals surface area contributed by atoms with Crippen LogP contribution in [0.3, 0.4) is 0 Å². The van der Waals surface area contributed by atoms with Crippen LogP contribution in [-0.2, 0) is 24.1 Å². The largest absolute Gasteiger partial charge is 0.456 e. The van der Waals surface area contributed by atoms with Crippen LogP contribution in [0.5, 0.6) is 11.6 Å². The van der Waals surface area contributed by atoms with Crippen molar-refractivity contribution in [1.29, 1.82) is 0 Å². The standard InChI is InChI=1S/C27H25N3O3S/c1-3-7-21-18(5-1)20-15-17(9-10-22(20)33-21)32-26-25-19-6-2-4-8-23(19)34-27(25)29-24(28-26)16-30-11-13-31-14-12-30/h1,3,5,7,9-10,15H,2,4,6,8,11-14,16H2/p+1. The molecule has 0 spiro atoms. The molecule has 0 atom stereocenters. The molecule has 0 amide bonds. The van der Waals surface area contributed by atoms with Gasteiger partial charge in [-0.3, -0.25) is 0 Å². The van der Waals surface area contributed by atoms with Gasteiger partial charge in [-0.1, -0.05) is 18.2 Å². The van der Waals surface area contributed by atoms with Crippen molar-refractivity contribution in [3.05, 3.63) is 58.7 Å². The number of nitrogens with zero attached hydrogens (tertiary/aromatic N) is 2. The Morgan fingerprint density at radius 3 is 2.74 bits per heavy atom. The van der Waals surface area contributed by atoms with Crippen LogP contribution in [-0.4, -0.2) is 36.3 Å². The summed E-state index contributed by atoms with van der Waals surface area (Å²) in [5.74, 6) is 2.33. The van der Waals surface area contributed by atoms with Gasteiger partial charge < -0.3 is 18.8 Å². The number of furan rings is 1. The van der Waals surface area contributed by atoms with Crippen LogP contribution in [0.4, 0.5) is 0 Å². The van der Waals surface area contributed by atoms with Gasteiger partial charge in [0.05, 0.1) is 18.6 Å². The Morgan fingerprint density at radius 2 is 1.79 bits per heavy atom. The van der Waals surface area contributed by atoms with Gasteiger partial charge in [0, 0.05) is 15.6 Å². The molecule has 1 fully saturated rings. The lowest BCUT2D eigenvalue weighted by Crippen LogP contribution is -3.12. The Hall–Kier alpha value is -3.00. The van der Waals surface area contributed by atoms with E-state index >= 15 is 0 Å². The van der Waals surface area contributed by atoms with Crippen molar-refractivity contribution in [2.75, 3.05) is 26.3 Å². The molecule has 7 heteroatoms. The highest BCUT2D eigenvalue weighted by atomic mass is 32.1. The lowest BCUT2D eigenvalue weighted by atomic mass is 9.97. The molecule has 5 aromatic rings. The molecule has 2 aromatic carbocycles. The Kier molecular flexibility index (Phi) is 5.00. The monoisotopic (exact) mass is 472 g/mol. The van der Waals surface area contributed by atoms with E-state index in [1.165, 1.54) is 28.2 Å². The van der Waals surface area contributed by atoms with Crippen molar-refractivity contribution >= 4 is 43.5 Å². The fourth-order valence-corrected chi connectivity index (χ4v) is 6.53. The Labute approximate surface area is 201 Å². The highest BCUT2D eigenvalue weighted by Crippen LogP contribution is 2.41. The number of benzene rings is 2. The second kappa shape index (κ2) is 8.34. The van der Waals surface area contributed by atoms with Gasteiger partial charge in [0.15, 0.2) is 5.82 Å². The van der Waals surface area contributed by atoms with E-state index in [1.807, 2.05) is 41.7 Å². The molecule has 1 N–H and O–H groups in total. The van der Waals surface area contributed by atoms with E-state index < -0.39 is 0 Å². The summed E-state index contributed by atoms with van der Waals surface area (Å²) in [7, 11) is 0. The van der Waals surface area contributed by atoms with Gasteiger partial charge in [-0.25, -0.2) is 4.98 Å². The summed E-state index contributed by atoms with van der Waals surface area (Å²) in [6.45, 7) is 4.37. The number of para-hydroxylation sites is 1. The molecule has 0 radical (unpaired) electrons. The third-order valence-electron chi connectivity index (χ3n) is 7.00. The number of rotatable bonds is 4. The predicted octanol–water partition coefficient (Wildman–Crippen LogP) is 4.68. The summed E-state index contributed by atoms with van der Waals surface area (Å²) < 4.78 is 18.1. The number of hydrogen-bond donors (Lipinski definition) is 1. The molecule has 7 rings (SSSR count). The van der Waals surface area contributed by atoms with Gasteiger partial charge >= 0.3 is 0 Å². The smallest absolute Gasteiger partial charge is 0.231 e. The summed E-state index contributed by atoms with van der Waals surface area (Å²) in [6, 6.07) is 14.2. The van der Waals surface area contributed by atoms with E-state index in [-0.39, 0.29) is 0 Å². The van der Waals surface area contributed by atoms with Crippen LogP contribution in [0.2, 0.25) is 0 Å². The zero-order valence-electron chi connectivity index (χ0n) is 18.9. The van der Waals surface area contributed by atoms with Gasteiger partial charge in [0.2, 0.25) is 5.88 Å². The number of quaternary nitrogens is 1. The summed E-state index contributed by atoms with van der Waals surface area (Å²) >= 11 is 1.83. The maximum atomic E-state index is 6.55. The molecule has 0 unspecified atom stereocenters. The van der Waals surface area contributed by atoms with Crippen molar-refractivity contribution in [3.63, 3.8) is 0 Å². The predicted molar refractivity (Wildman–Crippen MR) is 133 cm³/mol. The summed E-state index contributed by atoms with van der Waals surface area (Å²) in [5, 5.41) is 3.27. The molecule has 4 heterocycles. The zero-order chi connectivity index (χ0) is 22.5. The van der Waals surface area contributed by atoms with Crippen LogP contribution in [0.25, 0.3) is 32.2 Å². The number of aryl methyl sites for hydroxylation is 2. The summed E-state index contributed by atoms with van der Waals surface area (Å²) in [6.07, 6.45) is 4.67. The fourth-order valence-electron chi connectivity index (χ4n) is 5.26. The molecule has 172 valence electrons. The van der Waals surface area contributed by atoms with Crippen LogP contribution >= 0.6 is 11.3 Å². The molecular formula is C27H26N3O3S+. The van der Waals surface area contributed by atoms with Gasteiger partial charge in [-0.2, -0.15) is 4.98 Å². The number of fused-ring (bicyclic) bond motifs is 6. The van der Waals surface area contributed by atoms with Crippen molar-refractivity contribution < 1.29 is 18.8 Å². The molecule has 1 aliphatic heterocycles. The number of aromatic nitrogens is 2. The highest BCUT2D eigenvalue weighted by molar-refractivity contribution is 7.18. The fraction of sp³-hybridized carbons (Fsp3) is 0.333. The van der Waals surface area contributed by atoms with Crippen LogP contribution < -0.4 is 9.64 Å². The number of nitrogens with one attached hydrogen (secondary N) is 1. The van der Waals surface area contributed by atoms with Crippen LogP contribution in [0.1, 0.15) is 29.1 Å². The molecule has 2 aliphatic rings. The van der Waals surface area contributed by atoms with E-state index in [0.29, 0.717) is 5.88 Å². The first-order valence-electron chi connectivity index (χ1n) is 12.1. The third-order valence-corrected chi connectivity index (χ3v) is 8.18. The van der Waals surface area contributed by atoms with E-state index in [4.69, 9.17) is 23.9 Å². The lowest BCUT2D eigenvalue weighted by Gasteiger charge is -2.23. The zero-order valence-corrected chi connectivity index (χ0v) is 19.7. The molecule has 34 heavy (non-hydrogen) atoms. The van der Waals surface area contributed by atoms with Gasteiger partial charge in [-0.15, -0.1) is 11.3 Å². The first-order chi connectivity index (χ1) is 16.8. The van der Waals surface area contributed by atoms with E-state index in [9.17, 15) is 0 Å². The maximum Gasteiger partial charge on any atom is 0.231 e. The third kappa shape index (κ3) is 3.55. The number of hydrogen-bond acceptors (Lipinski definition) is 6. The van der Waals surface area contributed by atoms with Crippen molar-refractivity contribution in [2.24, 2.45) is 0 Å². The molecule has 0 bridgehead atoms. The topological polar surface area (TPSA) is 61.8 Å². The minimum Gasteiger partial charge on any atom is -0.456 e. The SMILES string of the molecule is c1ccc2c(c1)oc1ccc(Oc3nc(C[NH+]4CCOCC4)nc4sc5c(c34)CCCC5)cc12. The average Bonchev–Trinajstić information content (AvgIpc) is 3.43. The molecule has 1 aliphatic carbocycles. The highest BCUT2D eigenvalue weighted by Gasteiger charge is 2.24. The number of morpholine rings is 1. The lowest BCUT2D eigenvalue weighted by molar-refractivity contribution is -0.922. The van der Waals surface area contributed by atoms with Crippen molar-refractivity contribution in [2.45, 2.75) is 32.2 Å². The minimum atomic E-state index is 0.694. The summed E-state index contributed by atoms with van der Waals surface area (Å²) in [5.41, 5.74) is 3.15. The number of ether oxygens (including phenoxy) is 2. The van der Waals surface area contributed by atoms with E-state index in [0.717, 1.165) is 89.4 Å². The first-order valence-corrected chi connectivity index (χ1v) is 12.9. The Morgan fingerprint density at radius 1 is 0.941 bits per heavy atom. The quantitative estimate of drug-likeness (QED) is 0.412. The molecule has 1 saturated heterocycles. The van der Waals surface area contributed by atoms with Crippen molar-refractivity contribution in [1.82, 2.24) is 9.97 Å². The van der Waals surface area contributed by atoms with Crippen molar-refractivity contribution in [3.8, 4) is 11.6 Å². The molecule has 0 saturated carbocycles.